The SMILES string of the molecule is NC(=O)c1ccc(NC(=O)NCCCOc2ccc(Br)cc2Cl)cc1. The van der Waals surface area contributed by atoms with Crippen molar-refractivity contribution in [1.82, 2.24) is 5.32 Å². The highest BCUT2D eigenvalue weighted by molar-refractivity contribution is 9.10. The van der Waals surface area contributed by atoms with Crippen LogP contribution in [0.5, 0.6) is 5.75 Å². The first-order valence-electron chi connectivity index (χ1n) is 7.48. The maximum absolute atomic E-state index is 11.8. The number of benzene rings is 2. The monoisotopic (exact) mass is 425 g/mol. The van der Waals surface area contributed by atoms with Crippen molar-refractivity contribution in [1.29, 1.82) is 0 Å². The number of rotatable bonds is 7. The van der Waals surface area contributed by atoms with Crippen LogP contribution in [0, 0.1) is 0 Å². The van der Waals surface area contributed by atoms with Gasteiger partial charge in [-0.25, -0.2) is 4.79 Å². The second-order valence-electron chi connectivity index (χ2n) is 5.10. The fraction of sp³-hybridized carbons (Fsp3) is 0.176. The van der Waals surface area contributed by atoms with Gasteiger partial charge in [0.15, 0.2) is 0 Å². The van der Waals surface area contributed by atoms with E-state index in [1.807, 2.05) is 6.07 Å². The standard InChI is InChI=1S/C17H17BrClN3O3/c18-12-4-7-15(14(19)10-12)25-9-1-8-21-17(24)22-13-5-2-11(3-6-13)16(20)23/h2-7,10H,1,8-9H2,(H2,20,23)(H2,21,22,24). The molecule has 4 N–H and O–H groups in total. The molecule has 25 heavy (non-hydrogen) atoms. The van der Waals surface area contributed by atoms with Crippen molar-refractivity contribution in [3.05, 3.63) is 57.5 Å². The van der Waals surface area contributed by atoms with Gasteiger partial charge >= 0.3 is 6.03 Å². The first kappa shape index (κ1) is 19.1. The van der Waals surface area contributed by atoms with Gasteiger partial charge in [0.05, 0.1) is 11.6 Å². The van der Waals surface area contributed by atoms with Crippen LogP contribution in [0.4, 0.5) is 10.5 Å². The molecular weight excluding hydrogens is 410 g/mol. The normalized spacial score (nSPS) is 10.2. The molecule has 2 aromatic rings. The molecule has 0 aromatic heterocycles. The Kier molecular flexibility index (Phi) is 7.09. The molecule has 0 saturated carbocycles. The lowest BCUT2D eigenvalue weighted by Gasteiger charge is -2.10. The van der Waals surface area contributed by atoms with Gasteiger partial charge in [-0.05, 0) is 48.9 Å². The maximum Gasteiger partial charge on any atom is 0.319 e. The van der Waals surface area contributed by atoms with Crippen LogP contribution in [0.15, 0.2) is 46.9 Å². The van der Waals surface area contributed by atoms with E-state index < -0.39 is 5.91 Å². The zero-order valence-electron chi connectivity index (χ0n) is 13.2. The smallest absolute Gasteiger partial charge is 0.319 e. The van der Waals surface area contributed by atoms with Crippen LogP contribution >= 0.6 is 27.5 Å². The van der Waals surface area contributed by atoms with Gasteiger partial charge in [0.25, 0.3) is 0 Å². The Balaban J connectivity index is 1.67. The Labute approximate surface area is 158 Å². The third-order valence-electron chi connectivity index (χ3n) is 3.19. The molecule has 0 spiro atoms. The van der Waals surface area contributed by atoms with Gasteiger partial charge in [-0.1, -0.05) is 27.5 Å². The Morgan fingerprint density at radius 3 is 2.52 bits per heavy atom. The number of hydrogen-bond acceptors (Lipinski definition) is 3. The second kappa shape index (κ2) is 9.29. The first-order chi connectivity index (χ1) is 12.0. The molecule has 2 rings (SSSR count). The summed E-state index contributed by atoms with van der Waals surface area (Å²) in [5.41, 5.74) is 6.11. The molecule has 0 aliphatic carbocycles. The van der Waals surface area contributed by atoms with Crippen molar-refractivity contribution >= 4 is 45.2 Å². The van der Waals surface area contributed by atoms with Gasteiger partial charge in [-0.3, -0.25) is 4.79 Å². The van der Waals surface area contributed by atoms with E-state index in [0.717, 1.165) is 4.47 Å². The van der Waals surface area contributed by atoms with Crippen LogP contribution in [0.25, 0.3) is 0 Å². The summed E-state index contributed by atoms with van der Waals surface area (Å²) >= 11 is 9.38. The Hall–Kier alpha value is -2.25. The second-order valence-corrected chi connectivity index (χ2v) is 6.42. The van der Waals surface area contributed by atoms with Crippen molar-refractivity contribution in [3.63, 3.8) is 0 Å². The zero-order valence-corrected chi connectivity index (χ0v) is 15.6. The van der Waals surface area contributed by atoms with Crippen molar-refractivity contribution in [2.75, 3.05) is 18.5 Å². The van der Waals surface area contributed by atoms with Crippen LogP contribution in [-0.2, 0) is 0 Å². The van der Waals surface area contributed by atoms with E-state index in [2.05, 4.69) is 26.6 Å². The fourth-order valence-corrected chi connectivity index (χ4v) is 2.67. The average Bonchev–Trinajstić information content (AvgIpc) is 2.56. The third kappa shape index (κ3) is 6.28. The maximum atomic E-state index is 11.8. The Morgan fingerprint density at radius 2 is 1.88 bits per heavy atom. The molecule has 0 saturated heterocycles. The molecule has 0 atom stereocenters. The number of hydrogen-bond donors (Lipinski definition) is 3. The summed E-state index contributed by atoms with van der Waals surface area (Å²) in [6, 6.07) is 11.4. The quantitative estimate of drug-likeness (QED) is 0.588. The van der Waals surface area contributed by atoms with Crippen LogP contribution in [0.1, 0.15) is 16.8 Å². The Bertz CT molecular complexity index is 753. The van der Waals surface area contributed by atoms with Gasteiger partial charge in [0.1, 0.15) is 5.75 Å². The van der Waals surface area contributed by atoms with Crippen LogP contribution < -0.4 is 21.1 Å². The molecule has 0 radical (unpaired) electrons. The number of primary amides is 1. The van der Waals surface area contributed by atoms with E-state index in [0.29, 0.717) is 41.6 Å². The number of halogens is 2. The van der Waals surface area contributed by atoms with E-state index in [1.165, 1.54) is 0 Å². The molecule has 0 unspecified atom stereocenters. The minimum absolute atomic E-state index is 0.339. The van der Waals surface area contributed by atoms with E-state index in [1.54, 1.807) is 36.4 Å². The van der Waals surface area contributed by atoms with Crippen molar-refractivity contribution in [2.24, 2.45) is 5.73 Å². The highest BCUT2D eigenvalue weighted by Gasteiger charge is 2.04. The highest BCUT2D eigenvalue weighted by Crippen LogP contribution is 2.27. The first-order valence-corrected chi connectivity index (χ1v) is 8.65. The predicted molar refractivity (Wildman–Crippen MR) is 101 cm³/mol. The minimum Gasteiger partial charge on any atom is -0.492 e. The van der Waals surface area contributed by atoms with E-state index >= 15 is 0 Å². The summed E-state index contributed by atoms with van der Waals surface area (Å²) in [6.07, 6.45) is 0.625. The number of amides is 3. The molecule has 0 bridgehead atoms. The fourth-order valence-electron chi connectivity index (χ4n) is 1.94. The summed E-state index contributed by atoms with van der Waals surface area (Å²) in [7, 11) is 0. The molecule has 8 heteroatoms. The van der Waals surface area contributed by atoms with Crippen molar-refractivity contribution in [3.8, 4) is 5.75 Å². The molecule has 6 nitrogen and oxygen atoms in total. The number of carbonyl (C=O) groups is 2. The molecule has 0 aliphatic heterocycles. The average molecular weight is 427 g/mol. The number of anilines is 1. The molecule has 0 fully saturated rings. The van der Waals surface area contributed by atoms with Gasteiger partial charge < -0.3 is 21.1 Å². The van der Waals surface area contributed by atoms with E-state index in [4.69, 9.17) is 22.1 Å². The topological polar surface area (TPSA) is 93.5 Å². The van der Waals surface area contributed by atoms with Crippen molar-refractivity contribution in [2.45, 2.75) is 6.42 Å². The number of carbonyl (C=O) groups excluding carboxylic acids is 2. The van der Waals surface area contributed by atoms with Gasteiger partial charge in [-0.15, -0.1) is 0 Å². The lowest BCUT2D eigenvalue weighted by molar-refractivity contribution is 0.100. The predicted octanol–water partition coefficient (Wildman–Crippen LogP) is 3.79. The van der Waals surface area contributed by atoms with Gasteiger partial charge in [0, 0.05) is 22.3 Å². The Morgan fingerprint density at radius 1 is 1.16 bits per heavy atom. The molecule has 132 valence electrons. The highest BCUT2D eigenvalue weighted by atomic mass is 79.9. The molecule has 0 aliphatic rings. The number of nitrogens with two attached hydrogens (primary N) is 1. The summed E-state index contributed by atoms with van der Waals surface area (Å²) < 4.78 is 6.44. The number of nitrogens with one attached hydrogen (secondary N) is 2. The van der Waals surface area contributed by atoms with E-state index in [-0.39, 0.29) is 6.03 Å². The van der Waals surface area contributed by atoms with Crippen LogP contribution in [-0.4, -0.2) is 25.1 Å². The summed E-state index contributed by atoms with van der Waals surface area (Å²) in [5, 5.41) is 5.91. The minimum atomic E-state index is -0.512. The van der Waals surface area contributed by atoms with Crippen molar-refractivity contribution < 1.29 is 14.3 Å². The lowest BCUT2D eigenvalue weighted by Crippen LogP contribution is -2.30. The van der Waals surface area contributed by atoms with Crippen LogP contribution in [0.3, 0.4) is 0 Å². The zero-order chi connectivity index (χ0) is 18.2. The molecular formula is C17H17BrClN3O3. The van der Waals surface area contributed by atoms with Gasteiger partial charge in [0.2, 0.25) is 5.91 Å². The van der Waals surface area contributed by atoms with Crippen LogP contribution in [0.2, 0.25) is 5.02 Å². The summed E-state index contributed by atoms with van der Waals surface area (Å²) in [6.45, 7) is 0.869. The number of urea groups is 1. The summed E-state index contributed by atoms with van der Waals surface area (Å²) in [4.78, 5) is 22.8. The van der Waals surface area contributed by atoms with Gasteiger partial charge in [-0.2, -0.15) is 0 Å². The van der Waals surface area contributed by atoms with E-state index in [9.17, 15) is 9.59 Å². The molecule has 0 heterocycles. The molecule has 2 aromatic carbocycles. The number of ether oxygens (including phenoxy) is 1. The third-order valence-corrected chi connectivity index (χ3v) is 3.97. The summed E-state index contributed by atoms with van der Waals surface area (Å²) in [5.74, 6) is 0.0886. The lowest BCUT2D eigenvalue weighted by atomic mass is 10.2. The largest absolute Gasteiger partial charge is 0.492 e. The molecule has 3 amide bonds.